The molecule has 5 nitrogen and oxygen atoms in total. The SMILES string of the molecule is CN1C(c2c(C=O)ccc3ccccc23)=C(O)c2ccc(F)cc2S1(=O)=O. The van der Waals surface area contributed by atoms with Gasteiger partial charge >= 0.3 is 0 Å². The quantitative estimate of drug-likeness (QED) is 0.683. The standard InChI is InChI=1S/C20H14FNO4S/c1-22-19(18-13(11-23)7-6-12-4-2-3-5-15(12)18)20(24)16-9-8-14(21)10-17(16)27(22,25)26/h2-11,24H,1H3. The zero-order valence-electron chi connectivity index (χ0n) is 14.2. The first-order chi connectivity index (χ1) is 12.9. The Balaban J connectivity index is 2.17. The molecule has 27 heavy (non-hydrogen) atoms. The van der Waals surface area contributed by atoms with Crippen LogP contribution in [0, 0.1) is 5.82 Å². The van der Waals surface area contributed by atoms with E-state index >= 15 is 0 Å². The van der Waals surface area contributed by atoms with Gasteiger partial charge in [0, 0.05) is 23.7 Å². The molecular weight excluding hydrogens is 369 g/mol. The zero-order valence-corrected chi connectivity index (χ0v) is 15.0. The number of fused-ring (bicyclic) bond motifs is 2. The minimum atomic E-state index is -4.11. The van der Waals surface area contributed by atoms with Gasteiger partial charge in [0.25, 0.3) is 10.0 Å². The van der Waals surface area contributed by atoms with E-state index in [2.05, 4.69) is 0 Å². The van der Waals surface area contributed by atoms with E-state index < -0.39 is 15.8 Å². The van der Waals surface area contributed by atoms with E-state index in [4.69, 9.17) is 0 Å². The lowest BCUT2D eigenvalue weighted by Crippen LogP contribution is -2.31. The largest absolute Gasteiger partial charge is 0.505 e. The topological polar surface area (TPSA) is 74.7 Å². The van der Waals surface area contributed by atoms with Crippen LogP contribution < -0.4 is 0 Å². The number of sulfonamides is 1. The number of carbonyl (C=O) groups is 1. The highest BCUT2D eigenvalue weighted by atomic mass is 32.2. The van der Waals surface area contributed by atoms with Crippen LogP contribution in [0.25, 0.3) is 22.2 Å². The molecule has 7 heteroatoms. The Morgan fingerprint density at radius 1 is 1.07 bits per heavy atom. The Morgan fingerprint density at radius 2 is 1.81 bits per heavy atom. The highest BCUT2D eigenvalue weighted by Crippen LogP contribution is 2.42. The van der Waals surface area contributed by atoms with Crippen molar-refractivity contribution >= 4 is 38.5 Å². The van der Waals surface area contributed by atoms with Crippen molar-refractivity contribution in [2.24, 2.45) is 0 Å². The molecule has 3 aromatic carbocycles. The molecule has 0 fully saturated rings. The number of hydrogen-bond donors (Lipinski definition) is 1. The lowest BCUT2D eigenvalue weighted by atomic mass is 9.95. The Bertz CT molecular complexity index is 1250. The smallest absolute Gasteiger partial charge is 0.265 e. The van der Waals surface area contributed by atoms with E-state index in [1.807, 2.05) is 12.1 Å². The zero-order chi connectivity index (χ0) is 19.3. The van der Waals surface area contributed by atoms with Crippen LogP contribution in [-0.4, -0.2) is 31.2 Å². The normalized spacial score (nSPS) is 15.7. The molecule has 0 spiro atoms. The molecule has 0 aromatic heterocycles. The summed E-state index contributed by atoms with van der Waals surface area (Å²) in [5, 5.41) is 12.3. The average molecular weight is 383 g/mol. The van der Waals surface area contributed by atoms with Crippen molar-refractivity contribution in [1.29, 1.82) is 0 Å². The average Bonchev–Trinajstić information content (AvgIpc) is 2.67. The van der Waals surface area contributed by atoms with Gasteiger partial charge in [-0.05, 0) is 29.0 Å². The summed E-state index contributed by atoms with van der Waals surface area (Å²) in [5.74, 6) is -1.05. The summed E-state index contributed by atoms with van der Waals surface area (Å²) in [6.07, 6.45) is 0.614. The van der Waals surface area contributed by atoms with Crippen LogP contribution in [0.1, 0.15) is 21.5 Å². The van der Waals surface area contributed by atoms with E-state index in [1.54, 1.807) is 24.3 Å². The second kappa shape index (κ2) is 5.92. The summed E-state index contributed by atoms with van der Waals surface area (Å²) in [6.45, 7) is 0. The fraction of sp³-hybridized carbons (Fsp3) is 0.0500. The number of rotatable bonds is 2. The van der Waals surface area contributed by atoms with Gasteiger partial charge in [-0.3, -0.25) is 9.10 Å². The number of aliphatic hydroxyl groups is 1. The van der Waals surface area contributed by atoms with E-state index in [9.17, 15) is 22.7 Å². The predicted octanol–water partition coefficient (Wildman–Crippen LogP) is 3.81. The van der Waals surface area contributed by atoms with Gasteiger partial charge in [0.2, 0.25) is 0 Å². The lowest BCUT2D eigenvalue weighted by molar-refractivity contribution is 0.112. The molecule has 3 aromatic rings. The van der Waals surface area contributed by atoms with Crippen LogP contribution in [0.5, 0.6) is 0 Å². The summed E-state index contributed by atoms with van der Waals surface area (Å²) >= 11 is 0. The van der Waals surface area contributed by atoms with E-state index in [0.29, 0.717) is 17.2 Å². The fourth-order valence-corrected chi connectivity index (χ4v) is 4.79. The van der Waals surface area contributed by atoms with Gasteiger partial charge in [-0.15, -0.1) is 0 Å². The maximum Gasteiger partial charge on any atom is 0.265 e. The maximum absolute atomic E-state index is 13.6. The predicted molar refractivity (Wildman–Crippen MR) is 100 cm³/mol. The Morgan fingerprint density at radius 3 is 2.56 bits per heavy atom. The van der Waals surface area contributed by atoms with Crippen molar-refractivity contribution in [2.75, 3.05) is 7.05 Å². The van der Waals surface area contributed by atoms with Crippen LogP contribution in [0.3, 0.4) is 0 Å². The number of carbonyl (C=O) groups excluding carboxylic acids is 1. The van der Waals surface area contributed by atoms with Gasteiger partial charge < -0.3 is 5.11 Å². The van der Waals surface area contributed by atoms with Gasteiger partial charge in [0.15, 0.2) is 6.29 Å². The minimum absolute atomic E-state index is 0.00529. The molecule has 0 saturated carbocycles. The fourth-order valence-electron chi connectivity index (χ4n) is 3.38. The van der Waals surface area contributed by atoms with Crippen molar-refractivity contribution < 1.29 is 22.7 Å². The Kier molecular flexibility index (Phi) is 3.78. The van der Waals surface area contributed by atoms with Crippen LogP contribution >= 0.6 is 0 Å². The molecule has 4 rings (SSSR count). The van der Waals surface area contributed by atoms with Gasteiger partial charge in [0.1, 0.15) is 22.2 Å². The highest BCUT2D eigenvalue weighted by Gasteiger charge is 2.37. The van der Waals surface area contributed by atoms with E-state index in [1.165, 1.54) is 13.1 Å². The molecule has 0 saturated heterocycles. The Hall–Kier alpha value is -3.19. The molecule has 1 aliphatic rings. The van der Waals surface area contributed by atoms with Crippen LogP contribution in [0.4, 0.5) is 4.39 Å². The number of halogens is 1. The van der Waals surface area contributed by atoms with Crippen molar-refractivity contribution in [3.63, 3.8) is 0 Å². The maximum atomic E-state index is 13.6. The van der Waals surface area contributed by atoms with Crippen molar-refractivity contribution in [3.8, 4) is 0 Å². The molecular formula is C20H14FNO4S. The first-order valence-corrected chi connectivity index (χ1v) is 9.49. The molecule has 0 atom stereocenters. The molecule has 136 valence electrons. The third-order valence-electron chi connectivity index (χ3n) is 4.70. The molecule has 0 radical (unpaired) electrons. The summed E-state index contributed by atoms with van der Waals surface area (Å²) in [7, 11) is -2.84. The van der Waals surface area contributed by atoms with Crippen molar-refractivity contribution in [3.05, 3.63) is 77.1 Å². The highest BCUT2D eigenvalue weighted by molar-refractivity contribution is 7.89. The number of nitrogens with zero attached hydrogens (tertiary/aromatic N) is 1. The number of benzene rings is 3. The summed E-state index contributed by atoms with van der Waals surface area (Å²) in [4.78, 5) is 11.3. The monoisotopic (exact) mass is 383 g/mol. The van der Waals surface area contributed by atoms with Crippen LogP contribution in [-0.2, 0) is 10.0 Å². The van der Waals surface area contributed by atoms with Crippen LogP contribution in [0.15, 0.2) is 59.5 Å². The third kappa shape index (κ3) is 2.43. The molecule has 0 unspecified atom stereocenters. The van der Waals surface area contributed by atoms with Gasteiger partial charge in [-0.2, -0.15) is 0 Å². The number of hydrogen-bond acceptors (Lipinski definition) is 4. The molecule has 1 heterocycles. The van der Waals surface area contributed by atoms with E-state index in [0.717, 1.165) is 21.8 Å². The second-order valence-electron chi connectivity index (χ2n) is 6.18. The second-order valence-corrected chi connectivity index (χ2v) is 8.12. The van der Waals surface area contributed by atoms with Gasteiger partial charge in [-0.25, -0.2) is 12.8 Å². The van der Waals surface area contributed by atoms with Crippen molar-refractivity contribution in [2.45, 2.75) is 4.90 Å². The van der Waals surface area contributed by atoms with Crippen molar-refractivity contribution in [1.82, 2.24) is 4.31 Å². The lowest BCUT2D eigenvalue weighted by Gasteiger charge is -2.30. The first kappa shape index (κ1) is 17.2. The minimum Gasteiger partial charge on any atom is -0.505 e. The molecule has 1 N–H and O–H groups in total. The molecule has 0 amide bonds. The van der Waals surface area contributed by atoms with Gasteiger partial charge in [0.05, 0.1) is 0 Å². The molecule has 1 aliphatic heterocycles. The summed E-state index contributed by atoms with van der Waals surface area (Å²) in [6, 6.07) is 13.7. The molecule has 0 bridgehead atoms. The van der Waals surface area contributed by atoms with Gasteiger partial charge in [-0.1, -0.05) is 36.4 Å². The summed E-state index contributed by atoms with van der Waals surface area (Å²) in [5.41, 5.74) is 0.520. The van der Waals surface area contributed by atoms with Crippen LogP contribution in [0.2, 0.25) is 0 Å². The third-order valence-corrected chi connectivity index (χ3v) is 6.50. The Labute approximate surface area is 155 Å². The summed E-state index contributed by atoms with van der Waals surface area (Å²) < 4.78 is 40.4. The van der Waals surface area contributed by atoms with E-state index in [-0.39, 0.29) is 27.5 Å². The number of aliphatic hydroxyl groups excluding tert-OH is 1. The first-order valence-electron chi connectivity index (χ1n) is 8.05. The number of aldehydes is 1. The molecule has 0 aliphatic carbocycles.